The smallest absolute Gasteiger partial charge is 0.139 e. The second kappa shape index (κ2) is 4.85. The van der Waals surface area contributed by atoms with Crippen LogP contribution in [-0.4, -0.2) is 6.23 Å². The van der Waals surface area contributed by atoms with E-state index in [2.05, 4.69) is 14.5 Å². The SMILES string of the molecule is CCC(N=[N+]=[N-])OP. The molecule has 0 aromatic rings. The summed E-state index contributed by atoms with van der Waals surface area (Å²) < 4.78 is 4.64. The van der Waals surface area contributed by atoms with Crippen LogP contribution in [0.15, 0.2) is 5.11 Å². The van der Waals surface area contributed by atoms with Gasteiger partial charge >= 0.3 is 0 Å². The zero-order valence-corrected chi connectivity index (χ0v) is 5.77. The molecule has 0 spiro atoms. The maximum absolute atomic E-state index is 7.87. The van der Waals surface area contributed by atoms with Crippen LogP contribution in [0, 0.1) is 0 Å². The normalized spacial score (nSPS) is 12.2. The van der Waals surface area contributed by atoms with Crippen LogP contribution in [-0.2, 0) is 4.52 Å². The van der Waals surface area contributed by atoms with E-state index in [4.69, 9.17) is 5.53 Å². The summed E-state index contributed by atoms with van der Waals surface area (Å²) in [4.78, 5) is 2.56. The summed E-state index contributed by atoms with van der Waals surface area (Å²) in [6.07, 6.45) is 0.373. The summed E-state index contributed by atoms with van der Waals surface area (Å²) in [5, 5.41) is 3.30. The van der Waals surface area contributed by atoms with Crippen molar-refractivity contribution < 1.29 is 4.52 Å². The Kier molecular flexibility index (Phi) is 4.67. The summed E-state index contributed by atoms with van der Waals surface area (Å²) in [5.74, 6) is 0. The third-order valence-corrected chi connectivity index (χ3v) is 1.00. The monoisotopic (exact) mass is 133 g/mol. The molecule has 0 heterocycles. The van der Waals surface area contributed by atoms with Gasteiger partial charge in [-0.1, -0.05) is 12.0 Å². The van der Waals surface area contributed by atoms with Gasteiger partial charge in [0.25, 0.3) is 0 Å². The van der Waals surface area contributed by atoms with E-state index in [1.807, 2.05) is 16.4 Å². The molecule has 0 saturated heterocycles. The molecule has 0 aliphatic carbocycles. The number of nitrogens with zero attached hydrogens (tertiary/aromatic N) is 3. The fourth-order valence-electron chi connectivity index (χ4n) is 0.263. The largest absolute Gasteiger partial charge is 0.356 e. The highest BCUT2D eigenvalue weighted by molar-refractivity contribution is 7.09. The van der Waals surface area contributed by atoms with Gasteiger partial charge in [-0.2, -0.15) is 0 Å². The molecule has 0 aliphatic heterocycles. The van der Waals surface area contributed by atoms with E-state index in [-0.39, 0.29) is 6.23 Å². The minimum absolute atomic E-state index is 0.329. The number of rotatable bonds is 3. The molecule has 0 fully saturated rings. The van der Waals surface area contributed by atoms with Gasteiger partial charge in [-0.05, 0) is 12.0 Å². The van der Waals surface area contributed by atoms with Crippen LogP contribution in [0.3, 0.4) is 0 Å². The minimum atomic E-state index is -0.329. The number of azide groups is 1. The lowest BCUT2D eigenvalue weighted by Crippen LogP contribution is -1.98. The Morgan fingerprint density at radius 3 is 2.75 bits per heavy atom. The van der Waals surface area contributed by atoms with E-state index in [1.54, 1.807) is 0 Å². The Labute approximate surface area is 50.1 Å². The van der Waals surface area contributed by atoms with Crippen molar-refractivity contribution >= 4 is 9.47 Å². The maximum atomic E-state index is 7.87. The molecular weight excluding hydrogens is 125 g/mol. The van der Waals surface area contributed by atoms with Crippen molar-refractivity contribution in [3.8, 4) is 0 Å². The van der Waals surface area contributed by atoms with E-state index in [0.29, 0.717) is 6.42 Å². The minimum Gasteiger partial charge on any atom is -0.356 e. The second-order valence-corrected chi connectivity index (χ2v) is 1.48. The van der Waals surface area contributed by atoms with Gasteiger partial charge in [0, 0.05) is 14.4 Å². The van der Waals surface area contributed by atoms with Gasteiger partial charge in [0.15, 0.2) is 0 Å². The quantitative estimate of drug-likeness (QED) is 0.251. The van der Waals surface area contributed by atoms with Gasteiger partial charge in [-0.15, -0.1) is 0 Å². The molecule has 0 N–H and O–H groups in total. The number of hydrogen-bond donors (Lipinski definition) is 0. The Morgan fingerprint density at radius 1 is 2.00 bits per heavy atom. The van der Waals surface area contributed by atoms with Crippen molar-refractivity contribution in [3.63, 3.8) is 0 Å². The zero-order chi connectivity index (χ0) is 6.41. The molecule has 0 rings (SSSR count). The van der Waals surface area contributed by atoms with Gasteiger partial charge in [-0.25, -0.2) is 0 Å². The average Bonchev–Trinajstić information content (AvgIpc) is 1.83. The van der Waals surface area contributed by atoms with Gasteiger partial charge in [0.2, 0.25) is 0 Å². The predicted octanol–water partition coefficient (Wildman–Crippen LogP) is 1.84. The van der Waals surface area contributed by atoms with E-state index >= 15 is 0 Å². The molecule has 4 nitrogen and oxygen atoms in total. The third kappa shape index (κ3) is 2.80. The maximum Gasteiger partial charge on any atom is 0.139 e. The van der Waals surface area contributed by atoms with Crippen LogP contribution in [0.2, 0.25) is 0 Å². The summed E-state index contributed by atoms with van der Waals surface area (Å²) in [6, 6.07) is 0. The van der Waals surface area contributed by atoms with E-state index in [9.17, 15) is 0 Å². The standard InChI is InChI=1S/C3H8N3OP/c1-2-3(7-8)5-6-4/h3H,2,8H2,1H3. The molecule has 0 aromatic carbocycles. The van der Waals surface area contributed by atoms with Crippen molar-refractivity contribution in [2.75, 3.05) is 0 Å². The second-order valence-electron chi connectivity index (χ2n) is 1.20. The fourth-order valence-corrected chi connectivity index (χ4v) is 0.510. The predicted molar refractivity (Wildman–Crippen MR) is 34.0 cm³/mol. The first-order valence-electron chi connectivity index (χ1n) is 2.24. The molecule has 46 valence electrons. The Morgan fingerprint density at radius 2 is 2.62 bits per heavy atom. The van der Waals surface area contributed by atoms with E-state index in [0.717, 1.165) is 0 Å². The van der Waals surface area contributed by atoms with Crippen LogP contribution < -0.4 is 0 Å². The first kappa shape index (κ1) is 7.70. The average molecular weight is 133 g/mol. The molecule has 5 heteroatoms. The Balaban J connectivity index is 3.52. The van der Waals surface area contributed by atoms with Gasteiger partial charge in [-0.3, -0.25) is 0 Å². The van der Waals surface area contributed by atoms with Crippen LogP contribution in [0.5, 0.6) is 0 Å². The van der Waals surface area contributed by atoms with Crippen LogP contribution in [0.4, 0.5) is 0 Å². The van der Waals surface area contributed by atoms with Crippen molar-refractivity contribution in [1.29, 1.82) is 0 Å². The molecule has 0 aromatic heterocycles. The molecule has 0 bridgehead atoms. The van der Waals surface area contributed by atoms with E-state index in [1.165, 1.54) is 0 Å². The fraction of sp³-hybridized carbons (Fsp3) is 1.00. The summed E-state index contributed by atoms with van der Waals surface area (Å²) in [5.41, 5.74) is 7.87. The lowest BCUT2D eigenvalue weighted by molar-refractivity contribution is 0.243. The van der Waals surface area contributed by atoms with Crippen molar-refractivity contribution in [2.24, 2.45) is 5.11 Å². The van der Waals surface area contributed by atoms with Gasteiger partial charge in [0.05, 0.1) is 0 Å². The zero-order valence-electron chi connectivity index (χ0n) is 4.61. The van der Waals surface area contributed by atoms with Gasteiger partial charge < -0.3 is 4.52 Å². The highest BCUT2D eigenvalue weighted by Gasteiger charge is 1.96. The van der Waals surface area contributed by atoms with E-state index < -0.39 is 0 Å². The molecule has 0 radical (unpaired) electrons. The lowest BCUT2D eigenvalue weighted by Gasteiger charge is -2.01. The van der Waals surface area contributed by atoms with Crippen LogP contribution in [0.1, 0.15) is 13.3 Å². The molecule has 8 heavy (non-hydrogen) atoms. The summed E-state index contributed by atoms with van der Waals surface area (Å²) in [6.45, 7) is 1.88. The van der Waals surface area contributed by atoms with Crippen molar-refractivity contribution in [3.05, 3.63) is 10.4 Å². The first-order valence-corrected chi connectivity index (χ1v) is 2.72. The molecule has 0 amide bonds. The third-order valence-electron chi connectivity index (χ3n) is 0.687. The highest BCUT2D eigenvalue weighted by Crippen LogP contribution is 2.03. The molecule has 0 aliphatic rings. The molecule has 0 saturated carbocycles. The van der Waals surface area contributed by atoms with Crippen molar-refractivity contribution in [2.45, 2.75) is 19.6 Å². The molecule has 2 atom stereocenters. The molecular formula is C3H8N3OP. The summed E-state index contributed by atoms with van der Waals surface area (Å²) in [7, 11) is 2.05. The van der Waals surface area contributed by atoms with Crippen LogP contribution >= 0.6 is 9.47 Å². The van der Waals surface area contributed by atoms with Crippen LogP contribution in [0.25, 0.3) is 10.4 Å². The Hall–Kier alpha value is -0.300. The lowest BCUT2D eigenvalue weighted by atomic mass is 10.5. The van der Waals surface area contributed by atoms with Crippen molar-refractivity contribution in [1.82, 2.24) is 0 Å². The number of hydrogen-bond acceptors (Lipinski definition) is 2. The summed E-state index contributed by atoms with van der Waals surface area (Å²) >= 11 is 0. The highest BCUT2D eigenvalue weighted by atomic mass is 31.0. The topological polar surface area (TPSA) is 58.0 Å². The molecule has 2 unspecified atom stereocenters. The van der Waals surface area contributed by atoms with Gasteiger partial charge in [0.1, 0.15) is 6.23 Å². The Bertz CT molecular complexity index is 96.7. The first-order chi connectivity index (χ1) is 3.85.